The molecule has 1 heterocycles. The molecule has 0 bridgehead atoms. The van der Waals surface area contributed by atoms with Gasteiger partial charge in [-0.15, -0.1) is 0 Å². The Kier molecular flexibility index (Phi) is 7.12. The van der Waals surface area contributed by atoms with Crippen LogP contribution in [0.2, 0.25) is 0 Å². The van der Waals surface area contributed by atoms with Gasteiger partial charge < -0.3 is 34.1 Å². The first kappa shape index (κ1) is 19.9. The molecule has 1 fully saturated rings. The molecule has 2 aromatic rings. The first-order valence-electron chi connectivity index (χ1n) is 8.59. The summed E-state index contributed by atoms with van der Waals surface area (Å²) >= 11 is 0. The van der Waals surface area contributed by atoms with Crippen LogP contribution in [0.3, 0.4) is 0 Å². The number of benzene rings is 2. The maximum atomic E-state index is 11.5. The number of nitrogens with two attached hydrogens (primary N) is 2. The van der Waals surface area contributed by atoms with Crippen LogP contribution in [0.15, 0.2) is 48.5 Å². The summed E-state index contributed by atoms with van der Waals surface area (Å²) in [5.41, 5.74) is 14.3. The van der Waals surface area contributed by atoms with Crippen molar-refractivity contribution in [2.45, 2.75) is 0 Å². The highest BCUT2D eigenvalue weighted by molar-refractivity contribution is 5.99. The van der Waals surface area contributed by atoms with Crippen molar-refractivity contribution in [3.05, 3.63) is 54.1 Å². The van der Waals surface area contributed by atoms with Gasteiger partial charge in [0, 0.05) is 56.3 Å². The van der Waals surface area contributed by atoms with E-state index in [2.05, 4.69) is 39.4 Å². The Morgan fingerprint density at radius 3 is 2.42 bits per heavy atom. The minimum absolute atomic E-state index is 0. The van der Waals surface area contributed by atoms with Crippen LogP contribution in [0.4, 0.5) is 17.1 Å². The molecule has 3 rings (SSSR count). The molecule has 5 N–H and O–H groups in total. The highest BCUT2D eigenvalue weighted by Crippen LogP contribution is 2.19. The first-order valence-corrected chi connectivity index (χ1v) is 8.59. The first-order chi connectivity index (χ1) is 12.1. The molecule has 26 heavy (non-hydrogen) atoms. The molecule has 140 valence electrons. The van der Waals surface area contributed by atoms with Gasteiger partial charge >= 0.3 is 1.43 Å². The van der Waals surface area contributed by atoms with Gasteiger partial charge in [0.2, 0.25) is 0 Å². The molecule has 7 heteroatoms. The van der Waals surface area contributed by atoms with Crippen molar-refractivity contribution in [2.75, 3.05) is 55.2 Å². The third-order valence-electron chi connectivity index (χ3n) is 4.55. The Morgan fingerprint density at radius 1 is 1.08 bits per heavy atom. The number of halogens is 1. The van der Waals surface area contributed by atoms with Gasteiger partial charge in [-0.2, -0.15) is 0 Å². The highest BCUT2D eigenvalue weighted by Gasteiger charge is 2.16. The Morgan fingerprint density at radius 2 is 1.77 bits per heavy atom. The second-order valence-electron chi connectivity index (χ2n) is 6.26. The van der Waals surface area contributed by atoms with Gasteiger partial charge in [-0.1, -0.05) is 18.2 Å². The number of para-hydroxylation sites is 1. The number of hydrogen-bond donors (Lipinski definition) is 3. The number of carbonyl (C=O) groups is 1. The quantitative estimate of drug-likeness (QED) is 0.547. The van der Waals surface area contributed by atoms with Crippen LogP contribution < -0.4 is 34.1 Å². The van der Waals surface area contributed by atoms with Gasteiger partial charge in [0.1, 0.15) is 0 Å². The van der Waals surface area contributed by atoms with E-state index in [0.29, 0.717) is 16.9 Å². The van der Waals surface area contributed by atoms with Crippen LogP contribution in [-0.2, 0) is 0 Å². The van der Waals surface area contributed by atoms with Crippen molar-refractivity contribution in [2.24, 2.45) is 5.73 Å². The molecule has 0 radical (unpaired) electrons. The molecule has 0 atom stereocenters. The third kappa shape index (κ3) is 5.03. The predicted octanol–water partition coefficient (Wildman–Crippen LogP) is -1.28. The number of rotatable bonds is 6. The summed E-state index contributed by atoms with van der Waals surface area (Å²) in [6.07, 6.45) is 0. The van der Waals surface area contributed by atoms with Gasteiger partial charge in [0.15, 0.2) is 0 Å². The number of nitrogens with zero attached hydrogens (tertiary/aromatic N) is 2. The molecule has 0 unspecified atom stereocenters. The van der Waals surface area contributed by atoms with Crippen molar-refractivity contribution in [3.8, 4) is 0 Å². The Bertz CT molecular complexity index is 723. The van der Waals surface area contributed by atoms with Crippen LogP contribution >= 0.6 is 0 Å². The fourth-order valence-corrected chi connectivity index (χ4v) is 3.14. The summed E-state index contributed by atoms with van der Waals surface area (Å²) in [5, 5.41) is 3.29. The lowest BCUT2D eigenvalue weighted by molar-refractivity contribution is -0.0000134. The van der Waals surface area contributed by atoms with Gasteiger partial charge in [-0.25, -0.2) is 0 Å². The van der Waals surface area contributed by atoms with Crippen molar-refractivity contribution >= 4 is 23.0 Å². The van der Waals surface area contributed by atoms with Crippen molar-refractivity contribution in [1.82, 2.24) is 4.90 Å². The molecule has 0 spiro atoms. The fourth-order valence-electron chi connectivity index (χ4n) is 3.14. The van der Waals surface area contributed by atoms with E-state index in [-0.39, 0.29) is 13.8 Å². The van der Waals surface area contributed by atoms with Gasteiger partial charge in [0.25, 0.3) is 5.91 Å². The lowest BCUT2D eigenvalue weighted by Gasteiger charge is -2.36. The fraction of sp³-hybridized carbons (Fsp3) is 0.316. The normalized spacial score (nSPS) is 14.5. The second kappa shape index (κ2) is 9.31. The van der Waals surface area contributed by atoms with E-state index >= 15 is 0 Å². The lowest BCUT2D eigenvalue weighted by Crippen LogP contribution is -3.00. The summed E-state index contributed by atoms with van der Waals surface area (Å²) in [4.78, 5) is 16.3. The van der Waals surface area contributed by atoms with Crippen molar-refractivity contribution in [1.29, 1.82) is 0 Å². The Hall–Kier alpha value is -2.44. The maximum absolute atomic E-state index is 11.5. The summed E-state index contributed by atoms with van der Waals surface area (Å²) in [6, 6.07) is 15.6. The standard InChI is InChI=1S/C19H25N5O.ClH/c20-15-6-7-17(19(21)25)18(14-15)22-8-9-23-10-12-24(13-11-23)16-4-2-1-3-5-16;/h1-7,14,22H,8-13,20H2,(H2,21,25);1H. The SMILES string of the molecule is NC(=O)c1ccc(N)cc1NCCN1CCN(c2ccccc2)CC1.[Cl-].[H+]. The van der Waals surface area contributed by atoms with Crippen LogP contribution in [0.25, 0.3) is 0 Å². The molecule has 2 aromatic carbocycles. The molecular weight excluding hydrogens is 350 g/mol. The summed E-state index contributed by atoms with van der Waals surface area (Å²) in [5.74, 6) is -0.445. The second-order valence-corrected chi connectivity index (χ2v) is 6.26. The number of piperazine rings is 1. The zero-order valence-electron chi connectivity index (χ0n) is 15.7. The van der Waals surface area contributed by atoms with Crippen molar-refractivity contribution < 1.29 is 18.6 Å². The van der Waals surface area contributed by atoms with E-state index in [1.807, 2.05) is 6.07 Å². The summed E-state index contributed by atoms with van der Waals surface area (Å²) in [6.45, 7) is 5.75. The molecule has 1 aliphatic rings. The number of nitrogens with one attached hydrogen (secondary N) is 1. The number of primary amides is 1. The number of hydrogen-bond acceptors (Lipinski definition) is 5. The van der Waals surface area contributed by atoms with E-state index in [0.717, 1.165) is 39.3 Å². The molecule has 1 amide bonds. The molecule has 0 aliphatic carbocycles. The van der Waals surface area contributed by atoms with Crippen LogP contribution in [0.5, 0.6) is 0 Å². The molecule has 0 saturated carbocycles. The minimum atomic E-state index is -0.445. The van der Waals surface area contributed by atoms with E-state index in [9.17, 15) is 4.79 Å². The molecular formula is C19H26ClN5O. The van der Waals surface area contributed by atoms with Gasteiger partial charge in [0.05, 0.1) is 5.56 Å². The smallest absolute Gasteiger partial charge is 1.00 e. The van der Waals surface area contributed by atoms with Crippen LogP contribution in [0, 0.1) is 0 Å². The minimum Gasteiger partial charge on any atom is -1.00 e. The molecule has 1 saturated heterocycles. The summed E-state index contributed by atoms with van der Waals surface area (Å²) < 4.78 is 0. The summed E-state index contributed by atoms with van der Waals surface area (Å²) in [7, 11) is 0. The third-order valence-corrected chi connectivity index (χ3v) is 4.55. The molecule has 0 aromatic heterocycles. The molecule has 6 nitrogen and oxygen atoms in total. The largest absolute Gasteiger partial charge is 1.00 e. The van der Waals surface area contributed by atoms with E-state index in [1.54, 1.807) is 18.2 Å². The topological polar surface area (TPSA) is 87.6 Å². The number of anilines is 3. The maximum Gasteiger partial charge on any atom is 1.00 e. The Labute approximate surface area is 162 Å². The van der Waals surface area contributed by atoms with Crippen molar-refractivity contribution in [3.63, 3.8) is 0 Å². The number of amides is 1. The van der Waals surface area contributed by atoms with Crippen LogP contribution in [-0.4, -0.2) is 50.1 Å². The highest BCUT2D eigenvalue weighted by atomic mass is 35.5. The average Bonchev–Trinajstić information content (AvgIpc) is 2.63. The van der Waals surface area contributed by atoms with Gasteiger partial charge in [-0.05, 0) is 30.3 Å². The average molecular weight is 376 g/mol. The van der Waals surface area contributed by atoms with E-state index in [4.69, 9.17) is 11.5 Å². The Balaban J connectivity index is 0.00000182. The zero-order valence-corrected chi connectivity index (χ0v) is 15.5. The zero-order chi connectivity index (χ0) is 17.6. The van der Waals surface area contributed by atoms with E-state index in [1.165, 1.54) is 5.69 Å². The lowest BCUT2D eigenvalue weighted by atomic mass is 10.1. The van der Waals surface area contributed by atoms with E-state index < -0.39 is 5.91 Å². The molecule has 1 aliphatic heterocycles. The van der Waals surface area contributed by atoms with Gasteiger partial charge in [-0.3, -0.25) is 9.69 Å². The predicted molar refractivity (Wildman–Crippen MR) is 104 cm³/mol. The number of nitrogen functional groups attached to an aromatic ring is 1. The number of carbonyl (C=O) groups excluding carboxylic acids is 1. The van der Waals surface area contributed by atoms with Crippen LogP contribution in [0.1, 0.15) is 11.8 Å². The monoisotopic (exact) mass is 375 g/mol.